The van der Waals surface area contributed by atoms with E-state index in [9.17, 15) is 9.59 Å². The van der Waals surface area contributed by atoms with Crippen LogP contribution in [0.4, 0.5) is 0 Å². The smallest absolute Gasteiger partial charge is 0.325 e. The molecule has 0 unspecified atom stereocenters. The molecule has 0 aliphatic heterocycles. The lowest BCUT2D eigenvalue weighted by Gasteiger charge is -2.06. The average Bonchev–Trinajstić information content (AvgIpc) is 3.07. The second-order valence-corrected chi connectivity index (χ2v) is 8.46. The molecule has 0 N–H and O–H groups in total. The summed E-state index contributed by atoms with van der Waals surface area (Å²) in [6.45, 7) is 6.86. The SMILES string of the molecule is CCCCCOc1ccc(C(=O)N=c2sc3cc(C)c(C)cc3n2CC(=O)OC)cc1. The number of ether oxygens (including phenoxy) is 2. The van der Waals surface area contributed by atoms with Gasteiger partial charge in [-0.25, -0.2) is 0 Å². The Hall–Kier alpha value is -2.93. The number of carbonyl (C=O) groups is 2. The summed E-state index contributed by atoms with van der Waals surface area (Å²) in [5.41, 5.74) is 3.58. The molecule has 3 aromatic rings. The van der Waals surface area contributed by atoms with Crippen LogP contribution in [0, 0.1) is 13.8 Å². The Morgan fingerprint density at radius 2 is 1.77 bits per heavy atom. The molecule has 0 saturated carbocycles. The molecule has 7 heteroatoms. The number of hydrogen-bond donors (Lipinski definition) is 0. The zero-order valence-corrected chi connectivity index (χ0v) is 19.3. The first kappa shape index (κ1) is 22.7. The number of nitrogens with zero attached hydrogens (tertiary/aromatic N) is 2. The average molecular weight is 441 g/mol. The van der Waals surface area contributed by atoms with Crippen LogP contribution >= 0.6 is 11.3 Å². The van der Waals surface area contributed by atoms with E-state index < -0.39 is 5.97 Å². The van der Waals surface area contributed by atoms with Gasteiger partial charge in [-0.05, 0) is 67.8 Å². The predicted molar refractivity (Wildman–Crippen MR) is 123 cm³/mol. The van der Waals surface area contributed by atoms with Crippen LogP contribution in [-0.4, -0.2) is 30.2 Å². The van der Waals surface area contributed by atoms with Crippen molar-refractivity contribution in [3.63, 3.8) is 0 Å². The van der Waals surface area contributed by atoms with E-state index in [1.165, 1.54) is 18.4 Å². The molecule has 0 bridgehead atoms. The van der Waals surface area contributed by atoms with E-state index in [0.29, 0.717) is 17.0 Å². The van der Waals surface area contributed by atoms with Crippen LogP contribution in [0.3, 0.4) is 0 Å². The fourth-order valence-corrected chi connectivity index (χ4v) is 4.25. The molecule has 3 rings (SSSR count). The molecule has 0 aliphatic rings. The number of aryl methyl sites for hydroxylation is 2. The molecule has 1 amide bonds. The summed E-state index contributed by atoms with van der Waals surface area (Å²) in [6.07, 6.45) is 3.29. The molecule has 0 aliphatic carbocycles. The van der Waals surface area contributed by atoms with Gasteiger partial charge in [0.1, 0.15) is 12.3 Å². The summed E-state index contributed by atoms with van der Waals surface area (Å²) in [5.74, 6) is -0.0197. The Kier molecular flexibility index (Phi) is 7.63. The molecule has 0 spiro atoms. The fraction of sp³-hybridized carbons (Fsp3) is 0.375. The van der Waals surface area contributed by atoms with Gasteiger partial charge in [-0.15, -0.1) is 0 Å². The lowest BCUT2D eigenvalue weighted by molar-refractivity contribution is -0.141. The summed E-state index contributed by atoms with van der Waals surface area (Å²) < 4.78 is 13.2. The molecule has 1 aromatic heterocycles. The zero-order chi connectivity index (χ0) is 22.4. The van der Waals surface area contributed by atoms with Crippen molar-refractivity contribution in [2.75, 3.05) is 13.7 Å². The van der Waals surface area contributed by atoms with Crippen molar-refractivity contribution in [1.29, 1.82) is 0 Å². The number of esters is 1. The second-order valence-electron chi connectivity index (χ2n) is 7.45. The Bertz CT molecular complexity index is 1140. The number of hydrogen-bond acceptors (Lipinski definition) is 5. The maximum Gasteiger partial charge on any atom is 0.325 e. The third kappa shape index (κ3) is 5.61. The number of fused-ring (bicyclic) bond motifs is 1. The highest BCUT2D eigenvalue weighted by Gasteiger charge is 2.14. The summed E-state index contributed by atoms with van der Waals surface area (Å²) in [5, 5.41) is 0. The van der Waals surface area contributed by atoms with Gasteiger partial charge >= 0.3 is 5.97 Å². The Balaban J connectivity index is 1.91. The van der Waals surface area contributed by atoms with Crippen molar-refractivity contribution in [1.82, 2.24) is 4.57 Å². The van der Waals surface area contributed by atoms with E-state index in [0.717, 1.165) is 46.4 Å². The summed E-state index contributed by atoms with van der Waals surface area (Å²) in [4.78, 5) is 29.6. The fourth-order valence-electron chi connectivity index (χ4n) is 3.14. The van der Waals surface area contributed by atoms with E-state index in [-0.39, 0.29) is 12.5 Å². The molecule has 0 atom stereocenters. The molecular formula is C24H28N2O4S. The van der Waals surface area contributed by atoms with Gasteiger partial charge in [-0.2, -0.15) is 4.99 Å². The largest absolute Gasteiger partial charge is 0.494 e. The Labute approximate surface area is 186 Å². The van der Waals surface area contributed by atoms with Gasteiger partial charge in [0.05, 0.1) is 23.9 Å². The molecule has 31 heavy (non-hydrogen) atoms. The highest BCUT2D eigenvalue weighted by Crippen LogP contribution is 2.22. The Morgan fingerprint density at radius 1 is 1.06 bits per heavy atom. The van der Waals surface area contributed by atoms with Gasteiger partial charge in [0.2, 0.25) is 0 Å². The topological polar surface area (TPSA) is 69.9 Å². The van der Waals surface area contributed by atoms with E-state index in [1.807, 2.05) is 19.9 Å². The van der Waals surface area contributed by atoms with Crippen LogP contribution in [0.2, 0.25) is 0 Å². The highest BCUT2D eigenvalue weighted by atomic mass is 32.1. The summed E-state index contributed by atoms with van der Waals surface area (Å²) in [6, 6.07) is 11.1. The van der Waals surface area contributed by atoms with Crippen molar-refractivity contribution in [2.45, 2.75) is 46.6 Å². The monoisotopic (exact) mass is 440 g/mol. The molecule has 0 fully saturated rings. The number of rotatable bonds is 8. The third-order valence-electron chi connectivity index (χ3n) is 5.13. The van der Waals surface area contributed by atoms with Crippen LogP contribution in [0.15, 0.2) is 41.4 Å². The molecule has 2 aromatic carbocycles. The number of amides is 1. The van der Waals surface area contributed by atoms with Gasteiger partial charge in [0, 0.05) is 5.56 Å². The zero-order valence-electron chi connectivity index (χ0n) is 18.4. The molecular weight excluding hydrogens is 412 g/mol. The van der Waals surface area contributed by atoms with Crippen molar-refractivity contribution in [2.24, 2.45) is 4.99 Å². The summed E-state index contributed by atoms with van der Waals surface area (Å²) >= 11 is 1.38. The second kappa shape index (κ2) is 10.4. The highest BCUT2D eigenvalue weighted by molar-refractivity contribution is 7.16. The normalized spacial score (nSPS) is 11.7. The van der Waals surface area contributed by atoms with Crippen LogP contribution in [0.25, 0.3) is 10.2 Å². The van der Waals surface area contributed by atoms with Crippen LogP contribution in [0.1, 0.15) is 47.7 Å². The predicted octanol–water partition coefficient (Wildman–Crippen LogP) is 4.80. The van der Waals surface area contributed by atoms with Crippen molar-refractivity contribution < 1.29 is 19.1 Å². The van der Waals surface area contributed by atoms with Crippen LogP contribution in [-0.2, 0) is 16.1 Å². The van der Waals surface area contributed by atoms with Crippen molar-refractivity contribution in [3.05, 3.63) is 57.9 Å². The van der Waals surface area contributed by atoms with Gasteiger partial charge in [-0.3, -0.25) is 9.59 Å². The van der Waals surface area contributed by atoms with E-state index in [4.69, 9.17) is 9.47 Å². The number of thiazole rings is 1. The first-order valence-electron chi connectivity index (χ1n) is 10.4. The lowest BCUT2D eigenvalue weighted by atomic mass is 10.1. The standard InChI is InChI=1S/C24H28N2O4S/c1-5-6-7-12-30-19-10-8-18(9-11-19)23(28)25-24-26(15-22(27)29-4)20-13-16(2)17(3)14-21(20)31-24/h8-11,13-14H,5-7,12,15H2,1-4H3. The van der Waals surface area contributed by atoms with Crippen LogP contribution < -0.4 is 9.54 Å². The van der Waals surface area contributed by atoms with E-state index in [1.54, 1.807) is 28.8 Å². The maximum atomic E-state index is 12.8. The molecule has 1 heterocycles. The van der Waals surface area contributed by atoms with Crippen LogP contribution in [0.5, 0.6) is 5.75 Å². The van der Waals surface area contributed by atoms with E-state index >= 15 is 0 Å². The van der Waals surface area contributed by atoms with Gasteiger partial charge in [0.15, 0.2) is 4.80 Å². The quantitative estimate of drug-likeness (QED) is 0.373. The third-order valence-corrected chi connectivity index (χ3v) is 6.17. The van der Waals surface area contributed by atoms with Gasteiger partial charge in [-0.1, -0.05) is 31.1 Å². The first-order valence-corrected chi connectivity index (χ1v) is 11.2. The number of aromatic nitrogens is 1. The van der Waals surface area contributed by atoms with Gasteiger partial charge < -0.3 is 14.0 Å². The number of methoxy groups -OCH3 is 1. The summed E-state index contributed by atoms with van der Waals surface area (Å²) in [7, 11) is 1.35. The van der Waals surface area contributed by atoms with Gasteiger partial charge in [0.25, 0.3) is 5.91 Å². The lowest BCUT2D eigenvalue weighted by Crippen LogP contribution is -2.22. The number of benzene rings is 2. The first-order chi connectivity index (χ1) is 14.9. The molecule has 164 valence electrons. The molecule has 0 saturated heterocycles. The molecule has 6 nitrogen and oxygen atoms in total. The number of carbonyl (C=O) groups excluding carboxylic acids is 2. The Morgan fingerprint density at radius 3 is 2.45 bits per heavy atom. The minimum absolute atomic E-state index is 0.00431. The number of unbranched alkanes of at least 4 members (excludes halogenated alkanes) is 2. The maximum absolute atomic E-state index is 12.8. The van der Waals surface area contributed by atoms with E-state index in [2.05, 4.69) is 18.0 Å². The van der Waals surface area contributed by atoms with Crippen molar-refractivity contribution >= 4 is 33.4 Å². The van der Waals surface area contributed by atoms with Crippen molar-refractivity contribution in [3.8, 4) is 5.75 Å². The molecule has 0 radical (unpaired) electrons. The minimum atomic E-state index is -0.392. The minimum Gasteiger partial charge on any atom is -0.494 e.